The van der Waals surface area contributed by atoms with Gasteiger partial charge in [-0.3, -0.25) is 38.6 Å². The summed E-state index contributed by atoms with van der Waals surface area (Å²) in [5.41, 5.74) is 17.2. The van der Waals surface area contributed by atoms with Gasteiger partial charge < -0.3 is 79.7 Å². The maximum atomic E-state index is 13.5. The number of aromatic hydroxyl groups is 1. The van der Waals surface area contributed by atoms with Crippen molar-refractivity contribution in [3.05, 3.63) is 29.8 Å². The van der Waals surface area contributed by atoms with Gasteiger partial charge in [0, 0.05) is 13.0 Å². The third kappa shape index (κ3) is 17.9. The molecule has 57 heavy (non-hydrogen) atoms. The zero-order chi connectivity index (χ0) is 43.4. The molecule has 0 radical (unpaired) electrons. The van der Waals surface area contributed by atoms with E-state index in [1.165, 1.54) is 19.1 Å². The number of aliphatic hydroxyl groups is 3. The van der Waals surface area contributed by atoms with Gasteiger partial charge >= 0.3 is 11.9 Å². The van der Waals surface area contributed by atoms with E-state index < -0.39 is 122 Å². The van der Waals surface area contributed by atoms with E-state index in [1.54, 1.807) is 12.1 Å². The largest absolute Gasteiger partial charge is 0.508 e. The molecule has 0 heterocycles. The van der Waals surface area contributed by atoms with Gasteiger partial charge in [-0.25, -0.2) is 4.79 Å². The molecule has 6 amide bonds. The van der Waals surface area contributed by atoms with Crippen molar-refractivity contribution >= 4 is 53.3 Å². The van der Waals surface area contributed by atoms with Crippen LogP contribution in [-0.2, 0) is 44.8 Å². The second-order valence-electron chi connectivity index (χ2n) is 12.8. The summed E-state index contributed by atoms with van der Waals surface area (Å²) in [4.78, 5) is 105. The molecule has 24 nitrogen and oxygen atoms in total. The van der Waals surface area contributed by atoms with Crippen LogP contribution in [-0.4, -0.2) is 152 Å². The van der Waals surface area contributed by atoms with E-state index in [0.29, 0.717) is 5.56 Å². The number of carbonyl (C=O) groups is 8. The lowest BCUT2D eigenvalue weighted by molar-refractivity contribution is -0.144. The molecule has 1 rings (SSSR count). The quantitative estimate of drug-likeness (QED) is 0.0248. The minimum Gasteiger partial charge on any atom is -0.508 e. The first-order chi connectivity index (χ1) is 26.7. The Balaban J connectivity index is 3.12. The molecule has 1 aromatic rings. The van der Waals surface area contributed by atoms with Gasteiger partial charge in [-0.2, -0.15) is 0 Å². The van der Waals surface area contributed by atoms with Crippen molar-refractivity contribution in [3.63, 3.8) is 0 Å². The molecule has 1 aromatic carbocycles. The number of aliphatic hydroxyl groups excluding tert-OH is 3. The van der Waals surface area contributed by atoms with Gasteiger partial charge in [0.15, 0.2) is 5.96 Å². The number of nitrogens with two attached hydrogens (primary N) is 3. The number of amides is 6. The van der Waals surface area contributed by atoms with E-state index in [4.69, 9.17) is 22.3 Å². The van der Waals surface area contributed by atoms with Crippen molar-refractivity contribution in [3.8, 4) is 5.75 Å². The van der Waals surface area contributed by atoms with Crippen molar-refractivity contribution in [1.82, 2.24) is 31.9 Å². The molecule has 0 saturated heterocycles. The summed E-state index contributed by atoms with van der Waals surface area (Å²) in [7, 11) is 0. The van der Waals surface area contributed by atoms with Crippen LogP contribution in [0.3, 0.4) is 0 Å². The molecular weight excluding hydrogens is 760 g/mol. The first kappa shape index (κ1) is 48.9. The predicted molar refractivity (Wildman–Crippen MR) is 197 cm³/mol. The number of aliphatic carboxylic acids is 2. The number of hydrogen-bond donors (Lipinski definition) is 15. The van der Waals surface area contributed by atoms with Crippen molar-refractivity contribution in [2.24, 2.45) is 22.2 Å². The van der Waals surface area contributed by atoms with Crippen molar-refractivity contribution in [1.29, 1.82) is 0 Å². The number of aliphatic imine (C=N–C) groups is 1. The summed E-state index contributed by atoms with van der Waals surface area (Å²) in [5, 5.41) is 70.6. The molecule has 0 bridgehead atoms. The lowest BCUT2D eigenvalue weighted by Gasteiger charge is -2.28. The van der Waals surface area contributed by atoms with Gasteiger partial charge in [-0.05, 0) is 57.2 Å². The number of nitrogens with one attached hydrogen (secondary N) is 6. The zero-order valence-corrected chi connectivity index (χ0v) is 31.2. The molecule has 318 valence electrons. The van der Waals surface area contributed by atoms with E-state index >= 15 is 0 Å². The molecule has 0 fully saturated rings. The first-order valence-corrected chi connectivity index (χ1v) is 17.5. The molecule has 0 unspecified atom stereocenters. The van der Waals surface area contributed by atoms with Gasteiger partial charge in [0.1, 0.15) is 42.0 Å². The highest BCUT2D eigenvalue weighted by Gasteiger charge is 2.34. The molecule has 8 atom stereocenters. The summed E-state index contributed by atoms with van der Waals surface area (Å²) in [6.07, 6.45) is -3.04. The monoisotopic (exact) mass is 812 g/mol. The van der Waals surface area contributed by atoms with Gasteiger partial charge in [0.25, 0.3) is 0 Å². The molecule has 24 heteroatoms. The van der Waals surface area contributed by atoms with Crippen LogP contribution in [0.1, 0.15) is 45.1 Å². The fraction of sp³-hybridized carbons (Fsp3) is 0.545. The van der Waals surface area contributed by atoms with E-state index in [1.807, 2.05) is 5.32 Å². The van der Waals surface area contributed by atoms with Crippen LogP contribution < -0.4 is 49.1 Å². The third-order valence-electron chi connectivity index (χ3n) is 8.01. The average Bonchev–Trinajstić information content (AvgIpc) is 3.14. The fourth-order valence-corrected chi connectivity index (χ4v) is 4.82. The Labute approximate surface area is 326 Å². The first-order valence-electron chi connectivity index (χ1n) is 17.5. The van der Waals surface area contributed by atoms with Crippen LogP contribution >= 0.6 is 0 Å². The molecular formula is C33H52N10O14. The van der Waals surface area contributed by atoms with Crippen LogP contribution in [0.15, 0.2) is 29.3 Å². The van der Waals surface area contributed by atoms with Crippen LogP contribution in [0.4, 0.5) is 0 Å². The number of guanidine groups is 1. The maximum absolute atomic E-state index is 13.5. The van der Waals surface area contributed by atoms with Gasteiger partial charge in [-0.15, -0.1) is 0 Å². The van der Waals surface area contributed by atoms with E-state index in [9.17, 15) is 63.9 Å². The summed E-state index contributed by atoms with van der Waals surface area (Å²) >= 11 is 0. The minimum atomic E-state index is -1.83. The van der Waals surface area contributed by atoms with Gasteiger partial charge in [0.05, 0.1) is 25.4 Å². The predicted octanol–water partition coefficient (Wildman–Crippen LogP) is -6.44. The molecule has 0 aliphatic rings. The minimum absolute atomic E-state index is 0.00983. The number of carboxylic acid groups (broad SMARTS) is 2. The Morgan fingerprint density at radius 1 is 0.684 bits per heavy atom. The Hall–Kier alpha value is -6.11. The van der Waals surface area contributed by atoms with Crippen LogP contribution in [0.2, 0.25) is 0 Å². The normalized spacial score (nSPS) is 15.1. The second-order valence-corrected chi connectivity index (χ2v) is 12.8. The lowest BCUT2D eigenvalue weighted by atomic mass is 10.1. The number of hydrogen-bond acceptors (Lipinski definition) is 14. The van der Waals surface area contributed by atoms with Crippen LogP contribution in [0.25, 0.3) is 0 Å². The average molecular weight is 813 g/mol. The number of carboxylic acids is 2. The van der Waals surface area contributed by atoms with Crippen molar-refractivity contribution < 1.29 is 69.0 Å². The molecule has 0 aliphatic heterocycles. The highest BCUT2D eigenvalue weighted by Crippen LogP contribution is 2.11. The maximum Gasteiger partial charge on any atom is 0.328 e. The van der Waals surface area contributed by atoms with Crippen LogP contribution in [0, 0.1) is 0 Å². The number of benzene rings is 1. The van der Waals surface area contributed by atoms with Crippen LogP contribution in [0.5, 0.6) is 5.75 Å². The number of carbonyl (C=O) groups excluding carboxylic acids is 6. The lowest BCUT2D eigenvalue weighted by Crippen LogP contribution is -2.62. The van der Waals surface area contributed by atoms with Crippen molar-refractivity contribution in [2.45, 2.75) is 94.3 Å². The Bertz CT molecular complexity index is 1590. The summed E-state index contributed by atoms with van der Waals surface area (Å²) in [6.45, 7) is 0.256. The Morgan fingerprint density at radius 2 is 1.19 bits per heavy atom. The van der Waals surface area contributed by atoms with Gasteiger partial charge in [0.2, 0.25) is 35.4 Å². The Kier molecular flexibility index (Phi) is 20.9. The number of nitrogens with zero attached hydrogens (tertiary/aromatic N) is 1. The highest BCUT2D eigenvalue weighted by atomic mass is 16.4. The number of rotatable bonds is 25. The van der Waals surface area contributed by atoms with E-state index in [0.717, 1.165) is 6.92 Å². The van der Waals surface area contributed by atoms with Crippen molar-refractivity contribution in [2.75, 3.05) is 19.8 Å². The second kappa shape index (κ2) is 24.4. The number of phenols is 1. The molecule has 0 aliphatic carbocycles. The standard InChI is InChI=1S/C33H52N10O14/c1-15(38-27(51)19(34)12-17-5-7-18(47)8-6-17)26(50)41-22(13-44)30(54)43-25(16(2)46)31(55)40-20(4-3-11-37-33(35)36)28(52)39-21(9-10-24(48)49)29(53)42-23(14-45)32(56)57/h5-8,15-16,19-23,25,44-47H,3-4,9-14,34H2,1-2H3,(H,38,51)(H,39,52)(H,40,55)(H,41,50)(H,42,53)(H,43,54)(H,48,49)(H,56,57)(H4,35,36,37)/t15-,16+,19-,20-,21-,22-,23-,25-/m0/s1. The smallest absolute Gasteiger partial charge is 0.328 e. The number of phenolic OH excluding ortho intramolecular Hbond substituents is 1. The molecule has 0 saturated carbocycles. The van der Waals surface area contributed by atoms with Gasteiger partial charge in [-0.1, -0.05) is 12.1 Å². The summed E-state index contributed by atoms with van der Waals surface area (Å²) in [6, 6.07) is -5.09. The molecule has 18 N–H and O–H groups in total. The SMILES string of the molecule is C[C@H](NC(=O)[C@@H](N)Cc1ccc(O)cc1)C(=O)N[C@@H](CO)C(=O)N[C@H](C(=O)N[C@@H](CCCN=C(N)N)C(=O)N[C@@H](CCC(=O)O)C(=O)N[C@@H](CO)C(=O)O)[C@@H](C)O. The molecule has 0 aromatic heterocycles. The third-order valence-corrected chi connectivity index (χ3v) is 8.01. The Morgan fingerprint density at radius 3 is 1.70 bits per heavy atom. The van der Waals surface area contributed by atoms with E-state index in [-0.39, 0.29) is 37.5 Å². The highest BCUT2D eigenvalue weighted by molar-refractivity contribution is 5.97. The summed E-state index contributed by atoms with van der Waals surface area (Å²) in [5.74, 6) is -9.59. The van der Waals surface area contributed by atoms with E-state index in [2.05, 4.69) is 31.6 Å². The molecule has 0 spiro atoms. The zero-order valence-electron chi connectivity index (χ0n) is 31.2. The topological polar surface area (TPSA) is 421 Å². The fourth-order valence-electron chi connectivity index (χ4n) is 4.82. The summed E-state index contributed by atoms with van der Waals surface area (Å²) < 4.78 is 0.